The zero-order valence-corrected chi connectivity index (χ0v) is 15.2. The summed E-state index contributed by atoms with van der Waals surface area (Å²) in [5.41, 5.74) is 2.78. The van der Waals surface area contributed by atoms with E-state index in [2.05, 4.69) is 29.6 Å². The van der Waals surface area contributed by atoms with Gasteiger partial charge in [0.15, 0.2) is 0 Å². The standard InChI is InChI=1S/C25H19FN2/c26-21-16-15-17-9-7-8-14-20(17)22(21)25-27-23(18-10-3-1-4-11-18)24(28-25)19-12-5-2-6-13-19/h1-16,23-24H,(H,27,28)/t23-,24-/m0/s1. The molecule has 0 saturated carbocycles. The fourth-order valence-corrected chi connectivity index (χ4v) is 3.94. The summed E-state index contributed by atoms with van der Waals surface area (Å²) in [6.07, 6.45) is 0. The van der Waals surface area contributed by atoms with Gasteiger partial charge in [0.1, 0.15) is 17.7 Å². The third kappa shape index (κ3) is 2.85. The molecule has 2 atom stereocenters. The van der Waals surface area contributed by atoms with E-state index in [0.29, 0.717) is 11.4 Å². The molecule has 0 aromatic heterocycles. The number of fused-ring (bicyclic) bond motifs is 1. The van der Waals surface area contributed by atoms with Gasteiger partial charge in [0.25, 0.3) is 0 Å². The fourth-order valence-electron chi connectivity index (χ4n) is 3.94. The van der Waals surface area contributed by atoms with Crippen LogP contribution in [0, 0.1) is 5.82 Å². The van der Waals surface area contributed by atoms with Crippen molar-refractivity contribution in [3.05, 3.63) is 120 Å². The van der Waals surface area contributed by atoms with E-state index in [1.165, 1.54) is 6.07 Å². The largest absolute Gasteiger partial charge is 0.360 e. The molecule has 0 aliphatic carbocycles. The van der Waals surface area contributed by atoms with E-state index >= 15 is 0 Å². The lowest BCUT2D eigenvalue weighted by molar-refractivity contribution is 0.572. The Kier molecular flexibility index (Phi) is 4.13. The molecule has 2 nitrogen and oxygen atoms in total. The average molecular weight is 366 g/mol. The third-order valence-electron chi connectivity index (χ3n) is 5.29. The molecule has 1 aliphatic rings. The number of aliphatic imine (C=N–C) groups is 1. The summed E-state index contributed by atoms with van der Waals surface area (Å²) in [5, 5.41) is 5.39. The molecule has 136 valence electrons. The van der Waals surface area contributed by atoms with Crippen molar-refractivity contribution in [1.29, 1.82) is 0 Å². The van der Waals surface area contributed by atoms with Crippen molar-refractivity contribution in [2.45, 2.75) is 12.1 Å². The molecular weight excluding hydrogens is 347 g/mol. The van der Waals surface area contributed by atoms with Gasteiger partial charge in [0.2, 0.25) is 0 Å². The van der Waals surface area contributed by atoms with Crippen LogP contribution in [0.15, 0.2) is 102 Å². The van der Waals surface area contributed by atoms with Crippen LogP contribution >= 0.6 is 0 Å². The molecule has 0 spiro atoms. The number of nitrogens with zero attached hydrogens (tertiary/aromatic N) is 1. The van der Waals surface area contributed by atoms with Gasteiger partial charge >= 0.3 is 0 Å². The van der Waals surface area contributed by atoms with E-state index in [-0.39, 0.29) is 17.9 Å². The van der Waals surface area contributed by atoms with Crippen LogP contribution in [-0.2, 0) is 0 Å². The van der Waals surface area contributed by atoms with E-state index in [1.54, 1.807) is 0 Å². The summed E-state index contributed by atoms with van der Waals surface area (Å²) in [7, 11) is 0. The molecule has 4 aromatic carbocycles. The minimum atomic E-state index is -0.259. The second-order valence-electron chi connectivity index (χ2n) is 7.01. The van der Waals surface area contributed by atoms with Crippen LogP contribution in [-0.4, -0.2) is 5.84 Å². The van der Waals surface area contributed by atoms with Crippen molar-refractivity contribution in [2.24, 2.45) is 4.99 Å². The normalized spacial score (nSPS) is 18.7. The van der Waals surface area contributed by atoms with Gasteiger partial charge in [-0.15, -0.1) is 0 Å². The lowest BCUT2D eigenvalue weighted by Crippen LogP contribution is -2.26. The van der Waals surface area contributed by atoms with Gasteiger partial charge in [-0.2, -0.15) is 0 Å². The summed E-state index contributed by atoms with van der Waals surface area (Å²) < 4.78 is 14.9. The highest BCUT2D eigenvalue weighted by atomic mass is 19.1. The molecule has 1 N–H and O–H groups in total. The predicted octanol–water partition coefficient (Wildman–Crippen LogP) is 5.81. The Bertz CT molecular complexity index is 1150. The van der Waals surface area contributed by atoms with E-state index in [4.69, 9.17) is 4.99 Å². The first kappa shape index (κ1) is 16.7. The van der Waals surface area contributed by atoms with Crippen LogP contribution < -0.4 is 5.32 Å². The van der Waals surface area contributed by atoms with E-state index in [9.17, 15) is 4.39 Å². The molecule has 5 rings (SSSR count). The van der Waals surface area contributed by atoms with Gasteiger partial charge in [-0.3, -0.25) is 4.99 Å². The Balaban J connectivity index is 1.66. The summed E-state index contributed by atoms with van der Waals surface area (Å²) in [6, 6.07) is 31.4. The summed E-state index contributed by atoms with van der Waals surface area (Å²) in [4.78, 5) is 4.96. The Morgan fingerprint density at radius 3 is 2.07 bits per heavy atom. The van der Waals surface area contributed by atoms with Crippen molar-refractivity contribution < 1.29 is 4.39 Å². The second-order valence-corrected chi connectivity index (χ2v) is 7.01. The molecule has 1 heterocycles. The number of benzene rings is 4. The Morgan fingerprint density at radius 1 is 0.679 bits per heavy atom. The zero-order valence-electron chi connectivity index (χ0n) is 15.2. The zero-order chi connectivity index (χ0) is 18.9. The number of hydrogen-bond donors (Lipinski definition) is 1. The van der Waals surface area contributed by atoms with E-state index in [0.717, 1.165) is 21.9 Å². The Labute approximate surface area is 163 Å². The number of hydrogen-bond acceptors (Lipinski definition) is 2. The molecule has 0 unspecified atom stereocenters. The lowest BCUT2D eigenvalue weighted by atomic mass is 9.95. The average Bonchev–Trinajstić information content (AvgIpc) is 3.20. The highest BCUT2D eigenvalue weighted by molar-refractivity contribution is 6.11. The van der Waals surface area contributed by atoms with Crippen LogP contribution in [0.5, 0.6) is 0 Å². The first-order chi connectivity index (χ1) is 13.8. The van der Waals surface area contributed by atoms with Crippen molar-refractivity contribution in [1.82, 2.24) is 5.32 Å². The molecular formula is C25H19FN2. The van der Waals surface area contributed by atoms with Gasteiger partial charge in [-0.25, -0.2) is 4.39 Å². The molecule has 4 aromatic rings. The second kappa shape index (κ2) is 6.93. The maximum atomic E-state index is 14.9. The summed E-state index contributed by atoms with van der Waals surface area (Å²) in [5.74, 6) is 0.350. The third-order valence-corrected chi connectivity index (χ3v) is 5.29. The topological polar surface area (TPSA) is 24.4 Å². The van der Waals surface area contributed by atoms with Gasteiger partial charge in [0.05, 0.1) is 11.6 Å². The minimum absolute atomic E-state index is 0.0445. The van der Waals surface area contributed by atoms with E-state index < -0.39 is 0 Å². The van der Waals surface area contributed by atoms with Gasteiger partial charge in [-0.05, 0) is 28.0 Å². The molecule has 3 heteroatoms. The van der Waals surface area contributed by atoms with E-state index in [1.807, 2.05) is 66.7 Å². The maximum absolute atomic E-state index is 14.9. The first-order valence-electron chi connectivity index (χ1n) is 9.43. The summed E-state index contributed by atoms with van der Waals surface area (Å²) >= 11 is 0. The minimum Gasteiger partial charge on any atom is -0.360 e. The van der Waals surface area contributed by atoms with Gasteiger partial charge in [-0.1, -0.05) is 91.0 Å². The molecule has 28 heavy (non-hydrogen) atoms. The molecule has 0 fully saturated rings. The van der Waals surface area contributed by atoms with Crippen molar-refractivity contribution in [3.8, 4) is 0 Å². The number of halogens is 1. The van der Waals surface area contributed by atoms with Crippen LogP contribution in [0.25, 0.3) is 10.8 Å². The van der Waals surface area contributed by atoms with Crippen molar-refractivity contribution >= 4 is 16.6 Å². The van der Waals surface area contributed by atoms with Crippen molar-refractivity contribution in [2.75, 3.05) is 0 Å². The molecule has 0 radical (unpaired) electrons. The lowest BCUT2D eigenvalue weighted by Gasteiger charge is -2.19. The van der Waals surface area contributed by atoms with Gasteiger partial charge < -0.3 is 5.32 Å². The summed E-state index contributed by atoms with van der Waals surface area (Å²) in [6.45, 7) is 0. The molecule has 0 bridgehead atoms. The first-order valence-corrected chi connectivity index (χ1v) is 9.43. The Morgan fingerprint density at radius 2 is 1.32 bits per heavy atom. The highest BCUT2D eigenvalue weighted by Crippen LogP contribution is 2.38. The molecule has 0 saturated heterocycles. The highest BCUT2D eigenvalue weighted by Gasteiger charge is 2.33. The number of amidine groups is 1. The van der Waals surface area contributed by atoms with Crippen LogP contribution in [0.2, 0.25) is 0 Å². The van der Waals surface area contributed by atoms with Crippen molar-refractivity contribution in [3.63, 3.8) is 0 Å². The van der Waals surface area contributed by atoms with Crippen LogP contribution in [0.1, 0.15) is 28.8 Å². The smallest absolute Gasteiger partial charge is 0.134 e. The monoisotopic (exact) mass is 366 g/mol. The van der Waals surface area contributed by atoms with Gasteiger partial charge in [0, 0.05) is 0 Å². The van der Waals surface area contributed by atoms with Crippen LogP contribution in [0.4, 0.5) is 4.39 Å². The Hall–Kier alpha value is -3.46. The molecule has 0 amide bonds. The number of rotatable bonds is 3. The quantitative estimate of drug-likeness (QED) is 0.486. The predicted molar refractivity (Wildman–Crippen MR) is 112 cm³/mol. The van der Waals surface area contributed by atoms with Crippen LogP contribution in [0.3, 0.4) is 0 Å². The fraction of sp³-hybridized carbons (Fsp3) is 0.0800. The molecule has 1 aliphatic heterocycles. The number of nitrogens with one attached hydrogen (secondary N) is 1. The SMILES string of the molecule is Fc1ccc2ccccc2c1C1=N[C@@H](c2ccccc2)[C@H](c2ccccc2)N1. The maximum Gasteiger partial charge on any atom is 0.134 e.